The van der Waals surface area contributed by atoms with Crippen LogP contribution < -0.4 is 10.1 Å². The number of methoxy groups -OCH3 is 1. The van der Waals surface area contributed by atoms with Crippen molar-refractivity contribution in [1.29, 1.82) is 0 Å². The highest BCUT2D eigenvalue weighted by molar-refractivity contribution is 6.30. The van der Waals surface area contributed by atoms with Crippen LogP contribution in [0, 0.1) is 0 Å². The van der Waals surface area contributed by atoms with Crippen molar-refractivity contribution in [3.8, 4) is 5.88 Å². The third-order valence-corrected chi connectivity index (χ3v) is 2.53. The van der Waals surface area contributed by atoms with Crippen LogP contribution in [-0.2, 0) is 0 Å². The first-order valence-electron chi connectivity index (χ1n) is 5.26. The minimum absolute atomic E-state index is 0.243. The summed E-state index contributed by atoms with van der Waals surface area (Å²) >= 11 is 5.83. The van der Waals surface area contributed by atoms with Crippen molar-refractivity contribution in [2.75, 3.05) is 12.4 Å². The highest BCUT2D eigenvalue weighted by Gasteiger charge is 2.06. The maximum Gasteiger partial charge on any atom is 0.257 e. The summed E-state index contributed by atoms with van der Waals surface area (Å²) in [5.41, 5.74) is 1.10. The Labute approximate surface area is 110 Å². The van der Waals surface area contributed by atoms with Gasteiger partial charge in [-0.25, -0.2) is 4.98 Å². The predicted octanol–water partition coefficient (Wildman–Crippen LogP) is 3.00. The number of rotatable bonds is 3. The van der Waals surface area contributed by atoms with Crippen LogP contribution in [0.1, 0.15) is 10.4 Å². The van der Waals surface area contributed by atoms with Crippen LogP contribution in [0.15, 0.2) is 42.6 Å². The Bertz CT molecular complexity index is 555. The van der Waals surface area contributed by atoms with Gasteiger partial charge in [-0.15, -0.1) is 0 Å². The lowest BCUT2D eigenvalue weighted by atomic mass is 10.2. The predicted molar refractivity (Wildman–Crippen MR) is 70.2 cm³/mol. The topological polar surface area (TPSA) is 51.2 Å². The van der Waals surface area contributed by atoms with Gasteiger partial charge in [-0.3, -0.25) is 4.79 Å². The number of carbonyl (C=O) groups is 1. The zero-order valence-electron chi connectivity index (χ0n) is 9.68. The van der Waals surface area contributed by atoms with Gasteiger partial charge >= 0.3 is 0 Å². The third-order valence-electron chi connectivity index (χ3n) is 2.29. The molecule has 2 aromatic rings. The summed E-state index contributed by atoms with van der Waals surface area (Å²) in [5, 5.41) is 3.30. The van der Waals surface area contributed by atoms with E-state index in [4.69, 9.17) is 16.3 Å². The standard InChI is InChI=1S/C13H11ClN2O2/c1-18-12-6-5-9(8-15-12)13(17)16-11-4-2-3-10(14)7-11/h2-8H,1H3,(H,16,17). The van der Waals surface area contributed by atoms with E-state index in [9.17, 15) is 4.79 Å². The molecule has 0 aliphatic carbocycles. The van der Waals surface area contributed by atoms with Crippen molar-refractivity contribution in [3.63, 3.8) is 0 Å². The Morgan fingerprint density at radius 1 is 1.33 bits per heavy atom. The molecule has 0 aliphatic heterocycles. The maximum atomic E-state index is 11.9. The second-order valence-electron chi connectivity index (χ2n) is 3.55. The molecule has 1 heterocycles. The number of pyridine rings is 1. The lowest BCUT2D eigenvalue weighted by Crippen LogP contribution is -2.12. The van der Waals surface area contributed by atoms with Crippen molar-refractivity contribution in [3.05, 3.63) is 53.2 Å². The number of nitrogens with one attached hydrogen (secondary N) is 1. The molecule has 0 atom stereocenters. The van der Waals surface area contributed by atoms with Gasteiger partial charge in [-0.1, -0.05) is 17.7 Å². The molecule has 0 unspecified atom stereocenters. The molecule has 92 valence electrons. The van der Waals surface area contributed by atoms with Crippen LogP contribution >= 0.6 is 11.6 Å². The third kappa shape index (κ3) is 2.99. The number of nitrogens with zero attached hydrogens (tertiary/aromatic N) is 1. The second-order valence-corrected chi connectivity index (χ2v) is 3.99. The Morgan fingerprint density at radius 3 is 2.78 bits per heavy atom. The van der Waals surface area contributed by atoms with E-state index in [0.717, 1.165) is 0 Å². The van der Waals surface area contributed by atoms with Crippen LogP contribution in [0.5, 0.6) is 5.88 Å². The SMILES string of the molecule is COc1ccc(C(=O)Nc2cccc(Cl)c2)cn1. The maximum absolute atomic E-state index is 11.9. The largest absolute Gasteiger partial charge is 0.481 e. The molecule has 0 aliphatic rings. The minimum atomic E-state index is -0.243. The van der Waals surface area contributed by atoms with Gasteiger partial charge in [0.15, 0.2) is 0 Å². The molecule has 0 saturated carbocycles. The molecule has 2 rings (SSSR count). The molecule has 0 bridgehead atoms. The second kappa shape index (κ2) is 5.51. The number of amides is 1. The zero-order chi connectivity index (χ0) is 13.0. The molecule has 0 radical (unpaired) electrons. The summed E-state index contributed by atoms with van der Waals surface area (Å²) in [7, 11) is 1.52. The van der Waals surface area contributed by atoms with E-state index in [1.165, 1.54) is 13.3 Å². The van der Waals surface area contributed by atoms with Crippen molar-refractivity contribution in [2.24, 2.45) is 0 Å². The summed E-state index contributed by atoms with van der Waals surface area (Å²) in [6.07, 6.45) is 1.46. The highest BCUT2D eigenvalue weighted by atomic mass is 35.5. The van der Waals surface area contributed by atoms with Crippen molar-refractivity contribution < 1.29 is 9.53 Å². The number of aromatic nitrogens is 1. The van der Waals surface area contributed by atoms with E-state index in [1.807, 2.05) is 0 Å². The van der Waals surface area contributed by atoms with Crippen molar-refractivity contribution in [2.45, 2.75) is 0 Å². The van der Waals surface area contributed by atoms with Gasteiger partial charge < -0.3 is 10.1 Å². The van der Waals surface area contributed by atoms with Crippen LogP contribution in [0.4, 0.5) is 5.69 Å². The van der Waals surface area contributed by atoms with Crippen LogP contribution in [-0.4, -0.2) is 18.0 Å². The van der Waals surface area contributed by atoms with Crippen LogP contribution in [0.2, 0.25) is 5.02 Å². The molecule has 1 aromatic carbocycles. The quantitative estimate of drug-likeness (QED) is 0.925. The van der Waals surface area contributed by atoms with Gasteiger partial charge in [-0.2, -0.15) is 0 Å². The Kier molecular flexibility index (Phi) is 3.79. The number of hydrogen-bond acceptors (Lipinski definition) is 3. The average Bonchev–Trinajstić information content (AvgIpc) is 2.39. The normalized spacial score (nSPS) is 9.89. The Hall–Kier alpha value is -2.07. The summed E-state index contributed by atoms with van der Waals surface area (Å²) < 4.78 is 4.92. The lowest BCUT2D eigenvalue weighted by Gasteiger charge is -2.05. The smallest absolute Gasteiger partial charge is 0.257 e. The molecule has 18 heavy (non-hydrogen) atoms. The van der Waals surface area contributed by atoms with Gasteiger partial charge in [0.05, 0.1) is 12.7 Å². The molecule has 1 amide bonds. The molecule has 0 saturated heterocycles. The molecule has 4 nitrogen and oxygen atoms in total. The van der Waals surface area contributed by atoms with Gasteiger partial charge in [0, 0.05) is 23.0 Å². The van der Waals surface area contributed by atoms with Crippen LogP contribution in [0.3, 0.4) is 0 Å². The summed E-state index contributed by atoms with van der Waals surface area (Å²) in [5.74, 6) is 0.224. The first-order valence-corrected chi connectivity index (χ1v) is 5.64. The van der Waals surface area contributed by atoms with E-state index >= 15 is 0 Å². The number of anilines is 1. The Balaban J connectivity index is 2.11. The number of hydrogen-bond donors (Lipinski definition) is 1. The molecular formula is C13H11ClN2O2. The summed E-state index contributed by atoms with van der Waals surface area (Å²) in [4.78, 5) is 15.9. The minimum Gasteiger partial charge on any atom is -0.481 e. The zero-order valence-corrected chi connectivity index (χ0v) is 10.4. The molecule has 5 heteroatoms. The summed E-state index contributed by atoms with van der Waals surface area (Å²) in [6, 6.07) is 10.2. The lowest BCUT2D eigenvalue weighted by molar-refractivity contribution is 0.102. The fraction of sp³-hybridized carbons (Fsp3) is 0.0769. The van der Waals surface area contributed by atoms with E-state index in [1.54, 1.807) is 36.4 Å². The van der Waals surface area contributed by atoms with E-state index < -0.39 is 0 Å². The first kappa shape index (κ1) is 12.4. The average molecular weight is 263 g/mol. The van der Waals surface area contributed by atoms with Gasteiger partial charge in [0.1, 0.15) is 0 Å². The fourth-order valence-electron chi connectivity index (χ4n) is 1.40. The van der Waals surface area contributed by atoms with Crippen molar-refractivity contribution >= 4 is 23.2 Å². The number of ether oxygens (including phenoxy) is 1. The highest BCUT2D eigenvalue weighted by Crippen LogP contribution is 2.16. The van der Waals surface area contributed by atoms with E-state index in [-0.39, 0.29) is 5.91 Å². The van der Waals surface area contributed by atoms with E-state index in [2.05, 4.69) is 10.3 Å². The monoisotopic (exact) mass is 262 g/mol. The molecule has 0 fully saturated rings. The number of benzene rings is 1. The first-order chi connectivity index (χ1) is 8.69. The van der Waals surface area contributed by atoms with Crippen LogP contribution in [0.25, 0.3) is 0 Å². The van der Waals surface area contributed by atoms with E-state index in [0.29, 0.717) is 22.2 Å². The van der Waals surface area contributed by atoms with Gasteiger partial charge in [-0.05, 0) is 24.3 Å². The summed E-state index contributed by atoms with van der Waals surface area (Å²) in [6.45, 7) is 0. The molecule has 1 N–H and O–H groups in total. The number of halogens is 1. The Morgan fingerprint density at radius 2 is 2.17 bits per heavy atom. The molecule has 1 aromatic heterocycles. The molecular weight excluding hydrogens is 252 g/mol. The molecule has 0 spiro atoms. The van der Waals surface area contributed by atoms with Gasteiger partial charge in [0.25, 0.3) is 5.91 Å². The fourth-order valence-corrected chi connectivity index (χ4v) is 1.60. The number of carbonyl (C=O) groups excluding carboxylic acids is 1. The van der Waals surface area contributed by atoms with Crippen molar-refractivity contribution in [1.82, 2.24) is 4.98 Å². The van der Waals surface area contributed by atoms with Gasteiger partial charge in [0.2, 0.25) is 5.88 Å².